The van der Waals surface area contributed by atoms with Crippen molar-refractivity contribution in [3.63, 3.8) is 0 Å². The largest absolute Gasteiger partial charge is 0.306 e. The molecule has 0 bridgehead atoms. The van der Waals surface area contributed by atoms with Crippen molar-refractivity contribution in [3.05, 3.63) is 0 Å². The summed E-state index contributed by atoms with van der Waals surface area (Å²) in [7, 11) is 2.20. The van der Waals surface area contributed by atoms with Gasteiger partial charge in [-0.1, -0.05) is 6.92 Å². The molecule has 0 spiro atoms. The van der Waals surface area contributed by atoms with Gasteiger partial charge in [-0.3, -0.25) is 0 Å². The van der Waals surface area contributed by atoms with Crippen LogP contribution in [0.15, 0.2) is 0 Å². The van der Waals surface area contributed by atoms with Crippen LogP contribution in [0.4, 0.5) is 0 Å². The fourth-order valence-corrected chi connectivity index (χ4v) is 1.42. The molecule has 0 saturated carbocycles. The Morgan fingerprint density at radius 1 is 1.44 bits per heavy atom. The van der Waals surface area contributed by atoms with E-state index in [2.05, 4.69) is 18.9 Å². The van der Waals surface area contributed by atoms with Crippen molar-refractivity contribution < 1.29 is 31.1 Å². The first-order valence-electron chi connectivity index (χ1n) is 3.47. The van der Waals surface area contributed by atoms with Crippen LogP contribution in [0, 0.1) is 37.0 Å². The standard InChI is InChI=1S/C7H15N.U/c1-7-4-3-5-8(2)6-7;/h7H,3-6H2,1-2H3;. The van der Waals surface area contributed by atoms with Crippen LogP contribution in [0.1, 0.15) is 19.8 Å². The zero-order chi connectivity index (χ0) is 5.98. The molecule has 1 aliphatic heterocycles. The minimum atomic E-state index is 0. The van der Waals surface area contributed by atoms with Crippen LogP contribution < -0.4 is 0 Å². The van der Waals surface area contributed by atoms with E-state index in [9.17, 15) is 0 Å². The topological polar surface area (TPSA) is 3.24 Å². The smallest absolute Gasteiger partial charge is 0.000398 e. The van der Waals surface area contributed by atoms with E-state index in [0.29, 0.717) is 0 Å². The normalized spacial score (nSPS) is 29.3. The van der Waals surface area contributed by atoms with Crippen LogP contribution in [0.2, 0.25) is 0 Å². The number of likely N-dealkylation sites (tertiary alicyclic amines) is 1. The van der Waals surface area contributed by atoms with Crippen LogP contribution in [0.25, 0.3) is 0 Å². The fourth-order valence-electron chi connectivity index (χ4n) is 1.42. The molecule has 52 valence electrons. The zero-order valence-electron chi connectivity index (χ0n) is 6.35. The molecular formula is C7H15NU. The van der Waals surface area contributed by atoms with Crippen LogP contribution in [-0.4, -0.2) is 25.0 Å². The SMILES string of the molecule is CC1CCCN(C)C1.[U]. The maximum atomic E-state index is 2.41. The van der Waals surface area contributed by atoms with E-state index in [1.54, 1.807) is 0 Å². The minimum Gasteiger partial charge on any atom is -0.306 e. The van der Waals surface area contributed by atoms with Gasteiger partial charge < -0.3 is 4.90 Å². The van der Waals surface area contributed by atoms with Crippen LogP contribution in [0.3, 0.4) is 0 Å². The van der Waals surface area contributed by atoms with Crippen molar-refractivity contribution in [2.75, 3.05) is 20.1 Å². The van der Waals surface area contributed by atoms with E-state index in [1.165, 1.54) is 25.9 Å². The third-order valence-electron chi connectivity index (χ3n) is 1.86. The van der Waals surface area contributed by atoms with Crippen molar-refractivity contribution >= 4 is 0 Å². The Hall–Kier alpha value is 1.01. The van der Waals surface area contributed by atoms with Gasteiger partial charge in [0.2, 0.25) is 0 Å². The van der Waals surface area contributed by atoms with Crippen molar-refractivity contribution in [1.82, 2.24) is 4.90 Å². The predicted octanol–water partition coefficient (Wildman–Crippen LogP) is 1.35. The van der Waals surface area contributed by atoms with Crippen molar-refractivity contribution in [2.45, 2.75) is 19.8 Å². The second-order valence-corrected chi connectivity index (χ2v) is 3.01. The number of hydrogen-bond donors (Lipinski definition) is 0. The number of piperidine rings is 1. The number of rotatable bonds is 0. The Morgan fingerprint density at radius 3 is 2.44 bits per heavy atom. The summed E-state index contributed by atoms with van der Waals surface area (Å²) in [6, 6.07) is 0. The van der Waals surface area contributed by atoms with Gasteiger partial charge >= 0.3 is 0 Å². The first-order valence-corrected chi connectivity index (χ1v) is 3.47. The molecule has 1 aliphatic rings. The van der Waals surface area contributed by atoms with Gasteiger partial charge in [-0.05, 0) is 32.4 Å². The number of nitrogens with zero attached hydrogens (tertiary/aromatic N) is 1. The molecule has 0 aromatic carbocycles. The molecule has 0 radical (unpaired) electrons. The second kappa shape index (κ2) is 4.77. The van der Waals surface area contributed by atoms with E-state index in [1.807, 2.05) is 0 Å². The molecule has 0 aromatic heterocycles. The van der Waals surface area contributed by atoms with E-state index in [-0.39, 0.29) is 31.1 Å². The van der Waals surface area contributed by atoms with Crippen molar-refractivity contribution in [2.24, 2.45) is 5.92 Å². The molecule has 0 aliphatic carbocycles. The van der Waals surface area contributed by atoms with Gasteiger partial charge in [0.25, 0.3) is 0 Å². The average Bonchev–Trinajstić information content (AvgIpc) is 1.64. The van der Waals surface area contributed by atoms with Crippen molar-refractivity contribution in [3.8, 4) is 0 Å². The monoisotopic (exact) mass is 351 g/mol. The summed E-state index contributed by atoms with van der Waals surface area (Å²) in [5, 5.41) is 0. The van der Waals surface area contributed by atoms with Crippen LogP contribution >= 0.6 is 0 Å². The molecule has 1 atom stereocenters. The Morgan fingerprint density at radius 2 is 2.11 bits per heavy atom. The van der Waals surface area contributed by atoms with Gasteiger partial charge in [-0.2, -0.15) is 0 Å². The predicted molar refractivity (Wildman–Crippen MR) is 35.9 cm³/mol. The van der Waals surface area contributed by atoms with Gasteiger partial charge in [0.05, 0.1) is 0 Å². The van der Waals surface area contributed by atoms with Gasteiger partial charge in [0.1, 0.15) is 0 Å². The first kappa shape index (κ1) is 10.0. The van der Waals surface area contributed by atoms with E-state index >= 15 is 0 Å². The maximum absolute atomic E-state index is 2.41. The summed E-state index contributed by atoms with van der Waals surface area (Å²) >= 11 is 0. The molecule has 0 amide bonds. The average molecular weight is 351 g/mol. The van der Waals surface area contributed by atoms with Gasteiger partial charge in [0, 0.05) is 37.7 Å². The molecule has 1 saturated heterocycles. The van der Waals surface area contributed by atoms with Gasteiger partial charge in [-0.15, -0.1) is 0 Å². The summed E-state index contributed by atoms with van der Waals surface area (Å²) in [5.41, 5.74) is 0. The number of hydrogen-bond acceptors (Lipinski definition) is 1. The minimum absolute atomic E-state index is 0. The molecule has 0 aromatic rings. The van der Waals surface area contributed by atoms with Crippen LogP contribution in [0.5, 0.6) is 0 Å². The van der Waals surface area contributed by atoms with E-state index in [4.69, 9.17) is 0 Å². The molecule has 1 fully saturated rings. The molecule has 1 heterocycles. The summed E-state index contributed by atoms with van der Waals surface area (Å²) in [5.74, 6) is 0.939. The Labute approximate surface area is 81.6 Å². The quantitative estimate of drug-likeness (QED) is 0.637. The molecule has 1 nitrogen and oxygen atoms in total. The Balaban J connectivity index is 0.000000640. The molecule has 1 rings (SSSR count). The third-order valence-corrected chi connectivity index (χ3v) is 1.86. The molecule has 0 N–H and O–H groups in total. The van der Waals surface area contributed by atoms with Gasteiger partial charge in [0.15, 0.2) is 0 Å². The summed E-state index contributed by atoms with van der Waals surface area (Å²) in [4.78, 5) is 2.41. The third kappa shape index (κ3) is 3.65. The molecular weight excluding hydrogens is 336 g/mol. The summed E-state index contributed by atoms with van der Waals surface area (Å²) in [6.07, 6.45) is 2.84. The molecule has 2 heteroatoms. The van der Waals surface area contributed by atoms with Crippen molar-refractivity contribution in [1.29, 1.82) is 0 Å². The maximum Gasteiger partial charge on any atom is 0.000398 e. The second-order valence-electron chi connectivity index (χ2n) is 3.01. The van der Waals surface area contributed by atoms with Gasteiger partial charge in [-0.25, -0.2) is 0 Å². The molecule has 1 unspecified atom stereocenters. The first-order chi connectivity index (χ1) is 3.79. The summed E-state index contributed by atoms with van der Waals surface area (Å²) < 4.78 is 0. The van der Waals surface area contributed by atoms with Crippen LogP contribution in [-0.2, 0) is 0 Å². The summed E-state index contributed by atoms with van der Waals surface area (Å²) in [6.45, 7) is 4.94. The van der Waals surface area contributed by atoms with E-state index in [0.717, 1.165) is 5.92 Å². The molecule has 9 heavy (non-hydrogen) atoms. The fraction of sp³-hybridized carbons (Fsp3) is 1.00. The zero-order valence-corrected chi connectivity index (χ0v) is 10.5. The Kier molecular flexibility index (Phi) is 5.31. The van der Waals surface area contributed by atoms with E-state index < -0.39 is 0 Å². The Bertz CT molecular complexity index is 67.3.